The molecule has 1 fully saturated rings. The van der Waals surface area contributed by atoms with Crippen molar-refractivity contribution in [2.75, 3.05) is 20.3 Å². The van der Waals surface area contributed by atoms with Crippen molar-refractivity contribution in [1.82, 2.24) is 9.47 Å². The largest absolute Gasteiger partial charge is 0.493 e. The lowest BCUT2D eigenvalue weighted by molar-refractivity contribution is -0.123. The summed E-state index contributed by atoms with van der Waals surface area (Å²) in [7, 11) is 1.56. The zero-order valence-corrected chi connectivity index (χ0v) is 22.1. The molecule has 9 heteroatoms. The van der Waals surface area contributed by atoms with Gasteiger partial charge in [0.25, 0.3) is 11.1 Å². The molecule has 6 nitrogen and oxygen atoms in total. The molecule has 1 aliphatic rings. The minimum atomic E-state index is -0.337. The van der Waals surface area contributed by atoms with Gasteiger partial charge in [-0.1, -0.05) is 59.6 Å². The number of para-hydroxylation sites is 3. The Bertz CT molecular complexity index is 1530. The Morgan fingerprint density at radius 1 is 0.973 bits per heavy atom. The third kappa shape index (κ3) is 5.34. The van der Waals surface area contributed by atoms with E-state index in [0.717, 1.165) is 33.8 Å². The van der Waals surface area contributed by atoms with Crippen LogP contribution in [0.25, 0.3) is 17.0 Å². The average molecular weight is 553 g/mol. The van der Waals surface area contributed by atoms with Crippen LogP contribution in [0.1, 0.15) is 11.1 Å². The highest BCUT2D eigenvalue weighted by atomic mass is 35.5. The van der Waals surface area contributed by atoms with E-state index in [1.165, 1.54) is 4.90 Å². The summed E-state index contributed by atoms with van der Waals surface area (Å²) in [5, 5.41) is 1.81. The summed E-state index contributed by atoms with van der Waals surface area (Å²) in [5.41, 5.74) is 2.76. The minimum absolute atomic E-state index is 0.136. The molecule has 188 valence electrons. The summed E-state index contributed by atoms with van der Waals surface area (Å²) < 4.78 is 13.1. The number of benzene rings is 3. The van der Waals surface area contributed by atoms with E-state index in [1.54, 1.807) is 31.4 Å². The maximum Gasteiger partial charge on any atom is 0.293 e. The first kappa shape index (κ1) is 25.3. The number of imide groups is 1. The van der Waals surface area contributed by atoms with E-state index in [1.807, 2.05) is 54.7 Å². The molecule has 0 bridgehead atoms. The van der Waals surface area contributed by atoms with Crippen LogP contribution in [0, 0.1) is 0 Å². The topological polar surface area (TPSA) is 60.8 Å². The van der Waals surface area contributed by atoms with E-state index in [9.17, 15) is 9.59 Å². The predicted octanol–water partition coefficient (Wildman–Crippen LogP) is 7.12. The first-order valence-corrected chi connectivity index (χ1v) is 13.0. The van der Waals surface area contributed by atoms with Crippen molar-refractivity contribution >= 4 is 63.1 Å². The SMILES string of the molecule is COc1ccccc1OCCN1C(=O)S/C(=C\c2cn(Cc3ccc(Cl)cc3Cl)c3ccccc23)C1=O. The standard InChI is InChI=1S/C28H22Cl2N2O4S/c1-35-24-8-4-5-9-25(24)36-13-12-32-27(33)26(37-28(32)34)14-19-17-31(23-7-3-2-6-21(19)23)16-18-10-11-20(29)15-22(18)30/h2-11,14-15,17H,12-13,16H2,1H3/b26-14-. The van der Waals surface area contributed by atoms with Crippen LogP contribution in [0.5, 0.6) is 11.5 Å². The van der Waals surface area contributed by atoms with Crippen LogP contribution in [-0.4, -0.2) is 40.9 Å². The third-order valence-corrected chi connectivity index (χ3v) is 7.47. The number of hydrogen-bond donors (Lipinski definition) is 0. The molecule has 0 spiro atoms. The Hall–Kier alpha value is -3.39. The molecule has 1 saturated heterocycles. The Balaban J connectivity index is 1.35. The van der Waals surface area contributed by atoms with Gasteiger partial charge in [0.05, 0.1) is 18.6 Å². The number of rotatable bonds is 8. The smallest absolute Gasteiger partial charge is 0.293 e. The molecule has 0 unspecified atom stereocenters. The minimum Gasteiger partial charge on any atom is -0.493 e. The van der Waals surface area contributed by atoms with Gasteiger partial charge in [0.1, 0.15) is 6.61 Å². The number of methoxy groups -OCH3 is 1. The van der Waals surface area contributed by atoms with Crippen LogP contribution >= 0.6 is 35.0 Å². The van der Waals surface area contributed by atoms with Gasteiger partial charge in [0.15, 0.2) is 11.5 Å². The highest BCUT2D eigenvalue weighted by Crippen LogP contribution is 2.35. The van der Waals surface area contributed by atoms with Gasteiger partial charge in [0.2, 0.25) is 0 Å². The van der Waals surface area contributed by atoms with E-state index < -0.39 is 0 Å². The molecule has 0 atom stereocenters. The zero-order valence-electron chi connectivity index (χ0n) is 19.8. The van der Waals surface area contributed by atoms with Gasteiger partial charge in [-0.15, -0.1) is 0 Å². The van der Waals surface area contributed by atoms with E-state index >= 15 is 0 Å². The van der Waals surface area contributed by atoms with E-state index in [0.29, 0.717) is 33.0 Å². The Morgan fingerprint density at radius 2 is 1.73 bits per heavy atom. The fraction of sp³-hybridized carbons (Fsp3) is 0.143. The number of nitrogens with zero attached hydrogens (tertiary/aromatic N) is 2. The summed E-state index contributed by atoms with van der Waals surface area (Å²) >= 11 is 13.4. The van der Waals surface area contributed by atoms with Gasteiger partial charge in [-0.2, -0.15) is 0 Å². The van der Waals surface area contributed by atoms with Crippen LogP contribution in [-0.2, 0) is 11.3 Å². The number of amides is 2. The molecule has 1 aliphatic heterocycles. The Kier molecular flexibility index (Phi) is 7.46. The van der Waals surface area contributed by atoms with Crippen molar-refractivity contribution in [3.63, 3.8) is 0 Å². The molecular formula is C28H22Cl2N2O4S. The number of hydrogen-bond acceptors (Lipinski definition) is 5. The molecule has 2 amide bonds. The van der Waals surface area contributed by atoms with E-state index in [4.69, 9.17) is 32.7 Å². The second kappa shape index (κ2) is 10.9. The maximum absolute atomic E-state index is 13.1. The molecule has 0 saturated carbocycles. The molecule has 2 heterocycles. The zero-order chi connectivity index (χ0) is 25.9. The first-order chi connectivity index (χ1) is 17.9. The number of carbonyl (C=O) groups excluding carboxylic acids is 2. The van der Waals surface area contributed by atoms with Gasteiger partial charge < -0.3 is 14.0 Å². The number of ether oxygens (including phenoxy) is 2. The van der Waals surface area contributed by atoms with Gasteiger partial charge in [-0.05, 0) is 53.7 Å². The molecule has 0 N–H and O–H groups in total. The summed E-state index contributed by atoms with van der Waals surface area (Å²) in [4.78, 5) is 27.3. The fourth-order valence-electron chi connectivity index (χ4n) is 4.17. The summed E-state index contributed by atoms with van der Waals surface area (Å²) in [5.74, 6) is 0.810. The summed E-state index contributed by atoms with van der Waals surface area (Å²) in [6.07, 6.45) is 3.74. The lowest BCUT2D eigenvalue weighted by atomic mass is 10.1. The summed E-state index contributed by atoms with van der Waals surface area (Å²) in [6.45, 7) is 0.829. The molecule has 5 rings (SSSR count). The van der Waals surface area contributed by atoms with Gasteiger partial charge in [0, 0.05) is 39.3 Å². The lowest BCUT2D eigenvalue weighted by Gasteiger charge is -2.14. The van der Waals surface area contributed by atoms with Crippen LogP contribution < -0.4 is 9.47 Å². The first-order valence-electron chi connectivity index (χ1n) is 11.5. The quantitative estimate of drug-likeness (QED) is 0.218. The second-order valence-corrected chi connectivity index (χ2v) is 10.1. The molecule has 4 aromatic rings. The number of halogens is 2. The summed E-state index contributed by atoms with van der Waals surface area (Å²) in [6, 6.07) is 20.6. The van der Waals surface area contributed by atoms with Crippen molar-refractivity contribution < 1.29 is 19.1 Å². The normalized spacial score (nSPS) is 14.7. The van der Waals surface area contributed by atoms with E-state index in [-0.39, 0.29) is 24.3 Å². The van der Waals surface area contributed by atoms with Crippen molar-refractivity contribution in [3.05, 3.63) is 99.0 Å². The van der Waals surface area contributed by atoms with Crippen molar-refractivity contribution in [2.24, 2.45) is 0 Å². The van der Waals surface area contributed by atoms with Crippen LogP contribution in [0.2, 0.25) is 10.0 Å². The average Bonchev–Trinajstić information content (AvgIpc) is 3.37. The van der Waals surface area contributed by atoms with Crippen molar-refractivity contribution in [3.8, 4) is 11.5 Å². The highest BCUT2D eigenvalue weighted by molar-refractivity contribution is 8.18. The van der Waals surface area contributed by atoms with Crippen LogP contribution in [0.15, 0.2) is 77.8 Å². The van der Waals surface area contributed by atoms with Crippen LogP contribution in [0.3, 0.4) is 0 Å². The maximum atomic E-state index is 13.1. The van der Waals surface area contributed by atoms with Crippen molar-refractivity contribution in [1.29, 1.82) is 0 Å². The van der Waals surface area contributed by atoms with Crippen LogP contribution in [0.4, 0.5) is 4.79 Å². The van der Waals surface area contributed by atoms with E-state index in [2.05, 4.69) is 4.57 Å². The highest BCUT2D eigenvalue weighted by Gasteiger charge is 2.35. The lowest BCUT2D eigenvalue weighted by Crippen LogP contribution is -2.32. The molecule has 3 aromatic carbocycles. The molecule has 0 radical (unpaired) electrons. The molecule has 1 aromatic heterocycles. The van der Waals surface area contributed by atoms with Gasteiger partial charge in [-0.3, -0.25) is 14.5 Å². The number of thioether (sulfide) groups is 1. The molecular weight excluding hydrogens is 531 g/mol. The second-order valence-electron chi connectivity index (χ2n) is 8.30. The number of carbonyl (C=O) groups is 2. The Labute approximate surface area is 228 Å². The monoisotopic (exact) mass is 552 g/mol. The molecule has 37 heavy (non-hydrogen) atoms. The van der Waals surface area contributed by atoms with Gasteiger partial charge in [-0.25, -0.2) is 0 Å². The third-order valence-electron chi connectivity index (χ3n) is 5.98. The Morgan fingerprint density at radius 3 is 2.51 bits per heavy atom. The predicted molar refractivity (Wildman–Crippen MR) is 149 cm³/mol. The number of fused-ring (bicyclic) bond motifs is 1. The van der Waals surface area contributed by atoms with Crippen molar-refractivity contribution in [2.45, 2.75) is 6.54 Å². The molecule has 0 aliphatic carbocycles. The fourth-order valence-corrected chi connectivity index (χ4v) is 5.50. The number of aromatic nitrogens is 1. The van der Waals surface area contributed by atoms with Gasteiger partial charge >= 0.3 is 0 Å².